The summed E-state index contributed by atoms with van der Waals surface area (Å²) in [6, 6.07) is 11.0. The van der Waals surface area contributed by atoms with E-state index in [0.29, 0.717) is 17.9 Å². The largest absolute Gasteiger partial charge is 0.489 e. The van der Waals surface area contributed by atoms with Crippen LogP contribution in [0.25, 0.3) is 0 Å². The van der Waals surface area contributed by atoms with Crippen molar-refractivity contribution in [3.8, 4) is 11.8 Å². The fourth-order valence-corrected chi connectivity index (χ4v) is 1.20. The zero-order valence-electron chi connectivity index (χ0n) is 8.01. The molecule has 0 atom stereocenters. The van der Waals surface area contributed by atoms with E-state index in [4.69, 9.17) is 14.4 Å². The van der Waals surface area contributed by atoms with Crippen molar-refractivity contribution in [2.45, 2.75) is 6.61 Å². The van der Waals surface area contributed by atoms with Crippen LogP contribution in [0, 0.1) is 11.3 Å². The lowest BCUT2D eigenvalue weighted by atomic mass is 10.2. The summed E-state index contributed by atoms with van der Waals surface area (Å²) >= 11 is 0. The Morgan fingerprint density at radius 1 is 1.33 bits per heavy atom. The Balaban J connectivity index is 2.02. The van der Waals surface area contributed by atoms with Crippen LogP contribution >= 0.6 is 0 Å². The van der Waals surface area contributed by atoms with Crippen LogP contribution < -0.4 is 4.74 Å². The minimum Gasteiger partial charge on any atom is -0.489 e. The monoisotopic (exact) mass is 199 g/mol. The number of hydrogen-bond acceptors (Lipinski definition) is 3. The molecule has 2 rings (SSSR count). The van der Waals surface area contributed by atoms with Crippen molar-refractivity contribution in [2.75, 3.05) is 0 Å². The van der Waals surface area contributed by atoms with Crippen LogP contribution in [-0.2, 0) is 6.61 Å². The van der Waals surface area contributed by atoms with Crippen molar-refractivity contribution in [3.63, 3.8) is 0 Å². The molecule has 1 heterocycles. The highest BCUT2D eigenvalue weighted by Crippen LogP contribution is 2.14. The quantitative estimate of drug-likeness (QED) is 0.763. The summed E-state index contributed by atoms with van der Waals surface area (Å²) < 4.78 is 10.4. The van der Waals surface area contributed by atoms with Crippen LogP contribution in [-0.4, -0.2) is 0 Å². The Labute approximate surface area is 87.5 Å². The first kappa shape index (κ1) is 9.35. The Morgan fingerprint density at radius 2 is 2.27 bits per heavy atom. The lowest BCUT2D eigenvalue weighted by Crippen LogP contribution is -1.93. The average Bonchev–Trinajstić information content (AvgIpc) is 2.79. The second kappa shape index (κ2) is 4.34. The SMILES string of the molecule is N#Cc1cccc(OCc2ccoc2)c1. The van der Waals surface area contributed by atoms with Gasteiger partial charge in [-0.2, -0.15) is 5.26 Å². The van der Waals surface area contributed by atoms with E-state index in [1.807, 2.05) is 12.1 Å². The summed E-state index contributed by atoms with van der Waals surface area (Å²) in [7, 11) is 0. The highest BCUT2D eigenvalue weighted by Gasteiger charge is 1.98. The molecule has 2 aromatic rings. The number of nitriles is 1. The lowest BCUT2D eigenvalue weighted by Gasteiger charge is -2.03. The van der Waals surface area contributed by atoms with Crippen molar-refractivity contribution in [1.82, 2.24) is 0 Å². The standard InChI is InChI=1S/C12H9NO2/c13-7-10-2-1-3-12(6-10)15-9-11-4-5-14-8-11/h1-6,8H,9H2. The minimum absolute atomic E-state index is 0.450. The van der Waals surface area contributed by atoms with Gasteiger partial charge >= 0.3 is 0 Å². The first-order chi connectivity index (χ1) is 7.38. The maximum absolute atomic E-state index is 8.69. The molecule has 0 saturated heterocycles. The molecule has 0 fully saturated rings. The third kappa shape index (κ3) is 2.38. The minimum atomic E-state index is 0.450. The van der Waals surface area contributed by atoms with Gasteiger partial charge < -0.3 is 9.15 Å². The fraction of sp³-hybridized carbons (Fsp3) is 0.0833. The van der Waals surface area contributed by atoms with Gasteiger partial charge in [-0.25, -0.2) is 0 Å². The molecule has 1 aromatic heterocycles. The van der Waals surface area contributed by atoms with E-state index < -0.39 is 0 Å². The van der Waals surface area contributed by atoms with Gasteiger partial charge in [0.25, 0.3) is 0 Å². The first-order valence-electron chi connectivity index (χ1n) is 4.52. The summed E-state index contributed by atoms with van der Waals surface area (Å²) in [6.45, 7) is 0.450. The zero-order valence-corrected chi connectivity index (χ0v) is 8.01. The van der Waals surface area contributed by atoms with Gasteiger partial charge in [0, 0.05) is 5.56 Å². The van der Waals surface area contributed by atoms with Crippen molar-refractivity contribution < 1.29 is 9.15 Å². The molecule has 0 aliphatic heterocycles. The van der Waals surface area contributed by atoms with E-state index in [0.717, 1.165) is 5.56 Å². The summed E-state index contributed by atoms with van der Waals surface area (Å²) in [5, 5.41) is 8.69. The second-order valence-electron chi connectivity index (χ2n) is 3.06. The highest BCUT2D eigenvalue weighted by atomic mass is 16.5. The number of ether oxygens (including phenoxy) is 1. The molecule has 0 amide bonds. The molecule has 0 unspecified atom stereocenters. The van der Waals surface area contributed by atoms with Crippen LogP contribution in [0.2, 0.25) is 0 Å². The number of nitrogens with zero attached hydrogens (tertiary/aromatic N) is 1. The van der Waals surface area contributed by atoms with E-state index in [9.17, 15) is 0 Å². The van der Waals surface area contributed by atoms with Crippen molar-refractivity contribution >= 4 is 0 Å². The third-order valence-electron chi connectivity index (χ3n) is 1.95. The van der Waals surface area contributed by atoms with Gasteiger partial charge in [0.2, 0.25) is 0 Å². The van der Waals surface area contributed by atoms with Crippen LogP contribution in [0.3, 0.4) is 0 Å². The van der Waals surface area contributed by atoms with Crippen molar-refractivity contribution in [1.29, 1.82) is 5.26 Å². The maximum atomic E-state index is 8.69. The molecule has 0 bridgehead atoms. The van der Waals surface area contributed by atoms with E-state index >= 15 is 0 Å². The van der Waals surface area contributed by atoms with E-state index in [2.05, 4.69) is 6.07 Å². The van der Waals surface area contributed by atoms with Crippen LogP contribution in [0.15, 0.2) is 47.3 Å². The molecule has 0 radical (unpaired) electrons. The highest BCUT2D eigenvalue weighted by molar-refractivity contribution is 5.36. The summed E-state index contributed by atoms with van der Waals surface area (Å²) in [4.78, 5) is 0. The molecule has 0 saturated carbocycles. The van der Waals surface area contributed by atoms with Gasteiger partial charge in [-0.3, -0.25) is 0 Å². The van der Waals surface area contributed by atoms with E-state index in [1.54, 1.807) is 30.7 Å². The van der Waals surface area contributed by atoms with E-state index in [-0.39, 0.29) is 0 Å². The van der Waals surface area contributed by atoms with Gasteiger partial charge in [-0.15, -0.1) is 0 Å². The van der Waals surface area contributed by atoms with Gasteiger partial charge in [0.05, 0.1) is 24.2 Å². The van der Waals surface area contributed by atoms with Crippen LogP contribution in [0.1, 0.15) is 11.1 Å². The first-order valence-corrected chi connectivity index (χ1v) is 4.52. The summed E-state index contributed by atoms with van der Waals surface area (Å²) in [5.74, 6) is 0.690. The molecular weight excluding hydrogens is 190 g/mol. The Morgan fingerprint density at radius 3 is 3.00 bits per heavy atom. The number of hydrogen-bond donors (Lipinski definition) is 0. The predicted molar refractivity (Wildman–Crippen MR) is 54.2 cm³/mol. The molecule has 0 aliphatic rings. The molecule has 1 aromatic carbocycles. The molecule has 74 valence electrons. The zero-order chi connectivity index (χ0) is 10.5. The molecule has 0 spiro atoms. The van der Waals surface area contributed by atoms with Crippen LogP contribution in [0.4, 0.5) is 0 Å². The second-order valence-corrected chi connectivity index (χ2v) is 3.06. The van der Waals surface area contributed by atoms with Crippen molar-refractivity contribution in [2.24, 2.45) is 0 Å². The van der Waals surface area contributed by atoms with E-state index in [1.165, 1.54) is 0 Å². The Hall–Kier alpha value is -2.21. The molecule has 0 N–H and O–H groups in total. The van der Waals surface area contributed by atoms with Crippen LogP contribution in [0.5, 0.6) is 5.75 Å². The number of furan rings is 1. The van der Waals surface area contributed by atoms with Gasteiger partial charge in [0.1, 0.15) is 12.4 Å². The smallest absolute Gasteiger partial charge is 0.121 e. The Bertz CT molecular complexity index is 469. The molecular formula is C12H9NO2. The van der Waals surface area contributed by atoms with Gasteiger partial charge in [-0.1, -0.05) is 6.07 Å². The third-order valence-corrected chi connectivity index (χ3v) is 1.95. The molecule has 15 heavy (non-hydrogen) atoms. The van der Waals surface area contributed by atoms with Gasteiger partial charge in [-0.05, 0) is 24.3 Å². The Kier molecular flexibility index (Phi) is 2.70. The lowest BCUT2D eigenvalue weighted by molar-refractivity contribution is 0.304. The summed E-state index contributed by atoms with van der Waals surface area (Å²) in [6.07, 6.45) is 3.23. The molecule has 0 aliphatic carbocycles. The number of benzene rings is 1. The number of rotatable bonds is 3. The molecule has 3 heteroatoms. The van der Waals surface area contributed by atoms with Crippen molar-refractivity contribution in [3.05, 3.63) is 54.0 Å². The summed E-state index contributed by atoms with van der Waals surface area (Å²) in [5.41, 5.74) is 1.57. The average molecular weight is 199 g/mol. The normalized spacial score (nSPS) is 9.53. The molecule has 3 nitrogen and oxygen atoms in total. The predicted octanol–water partition coefficient (Wildman–Crippen LogP) is 2.73. The van der Waals surface area contributed by atoms with Gasteiger partial charge in [0.15, 0.2) is 0 Å². The fourth-order valence-electron chi connectivity index (χ4n) is 1.20. The topological polar surface area (TPSA) is 46.2 Å². The maximum Gasteiger partial charge on any atom is 0.121 e.